The third-order valence-electron chi connectivity index (χ3n) is 5.04. The fourth-order valence-electron chi connectivity index (χ4n) is 3.46. The summed E-state index contributed by atoms with van der Waals surface area (Å²) in [6.07, 6.45) is 5.12. The highest BCUT2D eigenvalue weighted by molar-refractivity contribution is 7.99. The fourth-order valence-corrected chi connectivity index (χ4v) is 5.72. The number of carbonyl (C=O) groups is 3. The van der Waals surface area contributed by atoms with E-state index in [2.05, 4.69) is 5.32 Å². The molecule has 2 rings (SSSR count). The van der Waals surface area contributed by atoms with Crippen LogP contribution in [0, 0.1) is 0 Å². The van der Waals surface area contributed by atoms with Gasteiger partial charge in [-0.2, -0.15) is 0 Å². The molecule has 1 aromatic rings. The van der Waals surface area contributed by atoms with Gasteiger partial charge in [-0.05, 0) is 30.8 Å². The van der Waals surface area contributed by atoms with Crippen LogP contribution in [0.25, 0.3) is 0 Å². The summed E-state index contributed by atoms with van der Waals surface area (Å²) in [5, 5.41) is 23.8. The minimum atomic E-state index is -1.08. The SMILES string of the molecule is NCCCCCCC[C@H](N[C@H]1CS[C@H](c2cccs2)CN(CC(=O)O)C1=O)C(=O)O. The molecule has 5 N–H and O–H groups in total. The van der Waals surface area contributed by atoms with Crippen LogP contribution in [-0.2, 0) is 14.4 Å². The van der Waals surface area contributed by atoms with Crippen molar-refractivity contribution in [3.8, 4) is 0 Å². The molecule has 1 fully saturated rings. The summed E-state index contributed by atoms with van der Waals surface area (Å²) in [4.78, 5) is 38.4. The van der Waals surface area contributed by atoms with Crippen LogP contribution in [0.3, 0.4) is 0 Å². The van der Waals surface area contributed by atoms with Gasteiger partial charge in [0.15, 0.2) is 0 Å². The van der Waals surface area contributed by atoms with E-state index in [4.69, 9.17) is 5.73 Å². The van der Waals surface area contributed by atoms with E-state index in [1.165, 1.54) is 4.90 Å². The molecule has 168 valence electrons. The first kappa shape index (κ1) is 24.6. The van der Waals surface area contributed by atoms with Crippen molar-refractivity contribution in [2.45, 2.75) is 55.9 Å². The number of carboxylic acid groups (broad SMARTS) is 2. The highest BCUT2D eigenvalue weighted by atomic mass is 32.2. The molecule has 8 nitrogen and oxygen atoms in total. The zero-order valence-electron chi connectivity index (χ0n) is 17.0. The van der Waals surface area contributed by atoms with E-state index in [1.54, 1.807) is 23.1 Å². The quantitative estimate of drug-likeness (QED) is 0.331. The van der Waals surface area contributed by atoms with Crippen molar-refractivity contribution in [2.24, 2.45) is 5.73 Å². The monoisotopic (exact) mass is 457 g/mol. The molecule has 10 heteroatoms. The highest BCUT2D eigenvalue weighted by Crippen LogP contribution is 2.35. The van der Waals surface area contributed by atoms with Crippen molar-refractivity contribution in [1.82, 2.24) is 10.2 Å². The fraction of sp³-hybridized carbons (Fsp3) is 0.650. The number of thioether (sulfide) groups is 1. The second kappa shape index (κ2) is 12.9. The minimum absolute atomic E-state index is 0.0223. The Labute approximate surface area is 185 Å². The van der Waals surface area contributed by atoms with Crippen molar-refractivity contribution < 1.29 is 24.6 Å². The van der Waals surface area contributed by atoms with Gasteiger partial charge in [-0.1, -0.05) is 31.7 Å². The molecule has 0 aliphatic carbocycles. The predicted molar refractivity (Wildman–Crippen MR) is 119 cm³/mol. The van der Waals surface area contributed by atoms with Gasteiger partial charge in [0.25, 0.3) is 0 Å². The number of aliphatic carboxylic acids is 2. The lowest BCUT2D eigenvalue weighted by Crippen LogP contribution is -2.53. The maximum absolute atomic E-state index is 13.0. The molecular formula is C20H31N3O5S2. The third kappa shape index (κ3) is 7.90. The van der Waals surface area contributed by atoms with Gasteiger partial charge < -0.3 is 20.8 Å². The number of amides is 1. The van der Waals surface area contributed by atoms with Crippen LogP contribution in [0.5, 0.6) is 0 Å². The Hall–Kier alpha value is -1.62. The van der Waals surface area contributed by atoms with Crippen molar-refractivity contribution in [3.63, 3.8) is 0 Å². The Morgan fingerprint density at radius 2 is 1.97 bits per heavy atom. The highest BCUT2D eigenvalue weighted by Gasteiger charge is 2.35. The molecule has 0 radical (unpaired) electrons. The smallest absolute Gasteiger partial charge is 0.323 e. The molecule has 0 bridgehead atoms. The zero-order valence-corrected chi connectivity index (χ0v) is 18.6. The first-order valence-electron chi connectivity index (χ1n) is 10.3. The number of nitrogens with two attached hydrogens (primary N) is 1. The van der Waals surface area contributed by atoms with Crippen LogP contribution in [-0.4, -0.2) is 70.4 Å². The van der Waals surface area contributed by atoms with Crippen LogP contribution in [0.1, 0.15) is 48.7 Å². The summed E-state index contributed by atoms with van der Waals surface area (Å²) in [5.41, 5.74) is 5.48. The lowest BCUT2D eigenvalue weighted by atomic mass is 10.1. The maximum Gasteiger partial charge on any atom is 0.323 e. The lowest BCUT2D eigenvalue weighted by molar-refractivity contribution is -0.146. The Balaban J connectivity index is 2.00. The van der Waals surface area contributed by atoms with Crippen LogP contribution in [0.4, 0.5) is 0 Å². The minimum Gasteiger partial charge on any atom is -0.480 e. The average molecular weight is 458 g/mol. The number of hydrogen-bond donors (Lipinski definition) is 4. The topological polar surface area (TPSA) is 133 Å². The molecule has 2 heterocycles. The van der Waals surface area contributed by atoms with Gasteiger partial charge in [0, 0.05) is 17.2 Å². The Morgan fingerprint density at radius 1 is 1.23 bits per heavy atom. The number of hydrogen-bond acceptors (Lipinski definition) is 7. The Kier molecular flexibility index (Phi) is 10.6. The average Bonchev–Trinajstić information content (AvgIpc) is 3.19. The molecule has 1 aliphatic heterocycles. The zero-order chi connectivity index (χ0) is 21.9. The maximum atomic E-state index is 13.0. The third-order valence-corrected chi connectivity index (χ3v) is 7.51. The summed E-state index contributed by atoms with van der Waals surface area (Å²) in [6.45, 7) is 0.575. The summed E-state index contributed by atoms with van der Waals surface area (Å²) in [7, 11) is 0. The van der Waals surface area contributed by atoms with Crippen molar-refractivity contribution >= 4 is 40.9 Å². The van der Waals surface area contributed by atoms with Gasteiger partial charge >= 0.3 is 11.9 Å². The number of unbranched alkanes of at least 4 members (excludes halogenated alkanes) is 4. The molecule has 0 saturated carbocycles. The van der Waals surface area contributed by atoms with Crippen LogP contribution < -0.4 is 11.1 Å². The van der Waals surface area contributed by atoms with Crippen LogP contribution >= 0.6 is 23.1 Å². The summed E-state index contributed by atoms with van der Waals surface area (Å²) < 4.78 is 0. The van der Waals surface area contributed by atoms with Crippen LogP contribution in [0.15, 0.2) is 17.5 Å². The largest absolute Gasteiger partial charge is 0.480 e. The van der Waals surface area contributed by atoms with Crippen LogP contribution in [0.2, 0.25) is 0 Å². The van der Waals surface area contributed by atoms with Crippen molar-refractivity contribution in [1.29, 1.82) is 0 Å². The molecule has 3 atom stereocenters. The van der Waals surface area contributed by atoms with Gasteiger partial charge in [0.05, 0.1) is 11.3 Å². The number of carboxylic acids is 2. The van der Waals surface area contributed by atoms with Gasteiger partial charge in [-0.3, -0.25) is 19.7 Å². The van der Waals surface area contributed by atoms with Gasteiger partial charge in [-0.15, -0.1) is 23.1 Å². The Bertz CT molecular complexity index is 686. The number of nitrogens with one attached hydrogen (secondary N) is 1. The van der Waals surface area contributed by atoms with Crippen molar-refractivity contribution in [2.75, 3.05) is 25.4 Å². The number of nitrogens with zero attached hydrogens (tertiary/aromatic N) is 1. The van der Waals surface area contributed by atoms with E-state index < -0.39 is 30.6 Å². The van der Waals surface area contributed by atoms with E-state index >= 15 is 0 Å². The van der Waals surface area contributed by atoms with E-state index in [1.807, 2.05) is 17.5 Å². The second-order valence-electron chi connectivity index (χ2n) is 7.41. The molecule has 1 amide bonds. The first-order chi connectivity index (χ1) is 14.4. The van der Waals surface area contributed by atoms with Crippen molar-refractivity contribution in [3.05, 3.63) is 22.4 Å². The predicted octanol–water partition coefficient (Wildman–Crippen LogP) is 2.16. The molecule has 1 aromatic heterocycles. The van der Waals surface area contributed by atoms with E-state index in [9.17, 15) is 24.6 Å². The molecule has 0 spiro atoms. The molecule has 30 heavy (non-hydrogen) atoms. The second-order valence-corrected chi connectivity index (χ2v) is 9.62. The summed E-state index contributed by atoms with van der Waals surface area (Å²) in [5.74, 6) is -2.01. The summed E-state index contributed by atoms with van der Waals surface area (Å²) >= 11 is 3.13. The standard InChI is InChI=1S/C20H31N3O5S2/c21-9-5-3-1-2-4-7-14(20(27)28)22-15-13-30-17(16-8-6-10-29-16)11-23(19(15)26)12-18(24)25/h6,8,10,14-15,17,22H,1-5,7,9,11-13,21H2,(H,24,25)(H,27,28)/t14-,15-,17-/m0/s1. The molecule has 0 unspecified atom stereocenters. The molecule has 1 saturated heterocycles. The number of thiophene rings is 1. The molecular weight excluding hydrogens is 426 g/mol. The van der Waals surface area contributed by atoms with E-state index in [0.717, 1.165) is 37.0 Å². The normalized spacial score (nSPS) is 20.7. The molecule has 1 aliphatic rings. The molecule has 0 aromatic carbocycles. The van der Waals surface area contributed by atoms with E-state index in [-0.39, 0.29) is 11.2 Å². The number of carbonyl (C=O) groups excluding carboxylic acids is 1. The lowest BCUT2D eigenvalue weighted by Gasteiger charge is -2.26. The van der Waals surface area contributed by atoms with Gasteiger partial charge in [-0.25, -0.2) is 0 Å². The van der Waals surface area contributed by atoms with E-state index in [0.29, 0.717) is 25.3 Å². The first-order valence-corrected chi connectivity index (χ1v) is 12.2. The Morgan fingerprint density at radius 3 is 2.60 bits per heavy atom. The van der Waals surface area contributed by atoms with Gasteiger partial charge in [0.2, 0.25) is 5.91 Å². The number of rotatable bonds is 13. The van der Waals surface area contributed by atoms with Gasteiger partial charge in [0.1, 0.15) is 12.6 Å². The summed E-state index contributed by atoms with van der Waals surface area (Å²) in [6, 6.07) is 2.35.